The van der Waals surface area contributed by atoms with E-state index in [2.05, 4.69) is 4.98 Å². The van der Waals surface area contributed by atoms with E-state index in [4.69, 9.17) is 10.5 Å². The highest BCUT2D eigenvalue weighted by Gasteiger charge is 2.05. The predicted octanol–water partition coefficient (Wildman–Crippen LogP) is 0.756. The number of hydrogen-bond donors (Lipinski definition) is 2. The lowest BCUT2D eigenvalue weighted by Gasteiger charge is -2.07. The van der Waals surface area contributed by atoms with E-state index >= 15 is 0 Å². The number of methoxy groups -OCH3 is 1. The maximum absolute atomic E-state index is 11.4. The molecule has 2 aromatic rings. The van der Waals surface area contributed by atoms with Crippen LogP contribution < -0.4 is 16.2 Å². The Kier molecular flexibility index (Phi) is 2.21. The first-order valence-electron chi connectivity index (χ1n) is 4.42. The van der Waals surface area contributed by atoms with Crippen molar-refractivity contribution >= 4 is 5.69 Å². The van der Waals surface area contributed by atoms with E-state index in [0.717, 1.165) is 0 Å². The summed E-state index contributed by atoms with van der Waals surface area (Å²) in [6.45, 7) is 0. The lowest BCUT2D eigenvalue weighted by atomic mass is 10.2. The Morgan fingerprint density at radius 3 is 2.87 bits per heavy atom. The molecule has 1 aromatic carbocycles. The SMILES string of the molecule is COc1ccc(N)c(-n2cc[nH]c2=O)c1. The molecule has 0 saturated heterocycles. The normalized spacial score (nSPS) is 10.2. The van der Waals surface area contributed by atoms with Gasteiger partial charge in [0.15, 0.2) is 0 Å². The standard InChI is InChI=1S/C10H11N3O2/c1-15-7-2-3-8(11)9(6-7)13-5-4-12-10(13)14/h2-6H,11H2,1H3,(H,12,14). The smallest absolute Gasteiger partial charge is 0.330 e. The minimum Gasteiger partial charge on any atom is -0.497 e. The lowest BCUT2D eigenvalue weighted by Crippen LogP contribution is -2.15. The van der Waals surface area contributed by atoms with E-state index in [1.807, 2.05) is 0 Å². The van der Waals surface area contributed by atoms with Crippen LogP contribution in [0.1, 0.15) is 0 Å². The first-order chi connectivity index (χ1) is 7.22. The average Bonchev–Trinajstić information content (AvgIpc) is 2.65. The number of rotatable bonds is 2. The van der Waals surface area contributed by atoms with E-state index in [-0.39, 0.29) is 5.69 Å². The van der Waals surface area contributed by atoms with Crippen molar-refractivity contribution in [3.05, 3.63) is 41.1 Å². The van der Waals surface area contributed by atoms with Gasteiger partial charge < -0.3 is 15.5 Å². The molecule has 0 aliphatic rings. The van der Waals surface area contributed by atoms with Crippen LogP contribution in [0.4, 0.5) is 5.69 Å². The van der Waals surface area contributed by atoms with Crippen molar-refractivity contribution in [2.45, 2.75) is 0 Å². The topological polar surface area (TPSA) is 73.0 Å². The van der Waals surface area contributed by atoms with Gasteiger partial charge in [0.25, 0.3) is 0 Å². The molecule has 0 aliphatic carbocycles. The van der Waals surface area contributed by atoms with E-state index < -0.39 is 0 Å². The van der Waals surface area contributed by atoms with Gasteiger partial charge in [-0.2, -0.15) is 0 Å². The number of hydrogen-bond acceptors (Lipinski definition) is 3. The van der Waals surface area contributed by atoms with Crippen LogP contribution >= 0.6 is 0 Å². The maximum Gasteiger partial charge on any atom is 0.330 e. The Bertz CT molecular complexity index is 527. The number of H-pyrrole nitrogens is 1. The summed E-state index contributed by atoms with van der Waals surface area (Å²) in [6, 6.07) is 5.16. The summed E-state index contributed by atoms with van der Waals surface area (Å²) in [5, 5.41) is 0. The molecule has 0 unspecified atom stereocenters. The van der Waals surface area contributed by atoms with Gasteiger partial charge >= 0.3 is 5.69 Å². The molecule has 0 spiro atoms. The Labute approximate surface area is 86.1 Å². The molecule has 5 heteroatoms. The van der Waals surface area contributed by atoms with Gasteiger partial charge in [-0.15, -0.1) is 0 Å². The van der Waals surface area contributed by atoms with Crippen LogP contribution in [0.15, 0.2) is 35.4 Å². The Hall–Kier alpha value is -2.17. The number of imidazole rings is 1. The van der Waals surface area contributed by atoms with Crippen molar-refractivity contribution in [1.82, 2.24) is 9.55 Å². The van der Waals surface area contributed by atoms with Gasteiger partial charge in [-0.25, -0.2) is 4.79 Å². The quantitative estimate of drug-likeness (QED) is 0.711. The Morgan fingerprint density at radius 2 is 2.27 bits per heavy atom. The Balaban J connectivity index is 2.62. The first kappa shape index (κ1) is 9.39. The second-order valence-electron chi connectivity index (χ2n) is 3.06. The first-order valence-corrected chi connectivity index (χ1v) is 4.42. The third-order valence-electron chi connectivity index (χ3n) is 2.15. The summed E-state index contributed by atoms with van der Waals surface area (Å²) in [7, 11) is 1.56. The number of aromatic nitrogens is 2. The number of nitrogen functional groups attached to an aromatic ring is 1. The summed E-state index contributed by atoms with van der Waals surface area (Å²) >= 11 is 0. The minimum absolute atomic E-state index is 0.227. The fourth-order valence-corrected chi connectivity index (χ4v) is 1.37. The highest BCUT2D eigenvalue weighted by atomic mass is 16.5. The predicted molar refractivity (Wildman–Crippen MR) is 57.4 cm³/mol. The van der Waals surface area contributed by atoms with E-state index in [9.17, 15) is 4.79 Å². The van der Waals surface area contributed by atoms with Gasteiger partial charge in [-0.3, -0.25) is 4.57 Å². The molecule has 0 saturated carbocycles. The van der Waals surface area contributed by atoms with Crippen molar-refractivity contribution in [3.8, 4) is 11.4 Å². The third kappa shape index (κ3) is 1.59. The van der Waals surface area contributed by atoms with Crippen LogP contribution in [0.3, 0.4) is 0 Å². The molecule has 0 amide bonds. The van der Waals surface area contributed by atoms with Crippen LogP contribution in [0.25, 0.3) is 5.69 Å². The number of aromatic amines is 1. The molecule has 5 nitrogen and oxygen atoms in total. The molecule has 3 N–H and O–H groups in total. The van der Waals surface area contributed by atoms with Crippen molar-refractivity contribution in [2.75, 3.05) is 12.8 Å². The number of ether oxygens (including phenoxy) is 1. The molecular weight excluding hydrogens is 194 g/mol. The van der Waals surface area contributed by atoms with Crippen LogP contribution in [-0.2, 0) is 0 Å². The van der Waals surface area contributed by atoms with E-state index in [0.29, 0.717) is 17.1 Å². The van der Waals surface area contributed by atoms with E-state index in [1.54, 1.807) is 37.7 Å². The second kappa shape index (κ2) is 3.53. The molecule has 0 atom stereocenters. The molecule has 1 heterocycles. The van der Waals surface area contributed by atoms with Crippen molar-refractivity contribution in [3.63, 3.8) is 0 Å². The molecule has 0 bridgehead atoms. The number of nitrogens with zero attached hydrogens (tertiary/aromatic N) is 1. The van der Waals surface area contributed by atoms with Crippen molar-refractivity contribution in [1.29, 1.82) is 0 Å². The second-order valence-corrected chi connectivity index (χ2v) is 3.06. The summed E-state index contributed by atoms with van der Waals surface area (Å²) in [6.07, 6.45) is 3.18. The van der Waals surface area contributed by atoms with Crippen molar-refractivity contribution in [2.24, 2.45) is 0 Å². The summed E-state index contributed by atoms with van der Waals surface area (Å²) < 4.78 is 6.50. The largest absolute Gasteiger partial charge is 0.497 e. The fourth-order valence-electron chi connectivity index (χ4n) is 1.37. The van der Waals surface area contributed by atoms with E-state index in [1.165, 1.54) is 4.57 Å². The van der Waals surface area contributed by atoms with Gasteiger partial charge in [0.2, 0.25) is 0 Å². The van der Waals surface area contributed by atoms with Gasteiger partial charge in [-0.05, 0) is 12.1 Å². The third-order valence-corrected chi connectivity index (χ3v) is 2.15. The number of nitrogens with one attached hydrogen (secondary N) is 1. The zero-order valence-corrected chi connectivity index (χ0v) is 8.23. The molecule has 1 aromatic heterocycles. The van der Waals surface area contributed by atoms with Crippen LogP contribution in [0.2, 0.25) is 0 Å². The van der Waals surface area contributed by atoms with Crippen LogP contribution in [-0.4, -0.2) is 16.7 Å². The zero-order chi connectivity index (χ0) is 10.8. The minimum atomic E-state index is -0.227. The lowest BCUT2D eigenvalue weighted by molar-refractivity contribution is 0.414. The molecule has 78 valence electrons. The fraction of sp³-hybridized carbons (Fsp3) is 0.100. The van der Waals surface area contributed by atoms with Gasteiger partial charge in [-0.1, -0.05) is 0 Å². The van der Waals surface area contributed by atoms with Crippen LogP contribution in [0.5, 0.6) is 5.75 Å². The Morgan fingerprint density at radius 1 is 1.47 bits per heavy atom. The van der Waals surface area contributed by atoms with Gasteiger partial charge in [0, 0.05) is 18.5 Å². The van der Waals surface area contributed by atoms with Crippen LogP contribution in [0, 0.1) is 0 Å². The van der Waals surface area contributed by atoms with Gasteiger partial charge in [0.05, 0.1) is 18.5 Å². The molecule has 2 rings (SSSR count). The molecule has 0 fully saturated rings. The average molecular weight is 205 g/mol. The number of anilines is 1. The number of benzene rings is 1. The molecular formula is C10H11N3O2. The number of nitrogens with two attached hydrogens (primary N) is 1. The summed E-state index contributed by atoms with van der Waals surface area (Å²) in [4.78, 5) is 13.9. The maximum atomic E-state index is 11.4. The van der Waals surface area contributed by atoms with Gasteiger partial charge in [0.1, 0.15) is 5.75 Å². The summed E-state index contributed by atoms with van der Waals surface area (Å²) in [5.41, 5.74) is 6.69. The highest BCUT2D eigenvalue weighted by molar-refractivity contribution is 5.60. The van der Waals surface area contributed by atoms with Crippen molar-refractivity contribution < 1.29 is 4.74 Å². The molecule has 0 aliphatic heterocycles. The molecule has 15 heavy (non-hydrogen) atoms. The highest BCUT2D eigenvalue weighted by Crippen LogP contribution is 2.21. The molecule has 0 radical (unpaired) electrons. The zero-order valence-electron chi connectivity index (χ0n) is 8.23. The monoisotopic (exact) mass is 205 g/mol. The summed E-state index contributed by atoms with van der Waals surface area (Å²) in [5.74, 6) is 0.660.